The number of piperidine rings is 1. The fourth-order valence-corrected chi connectivity index (χ4v) is 5.32. The lowest BCUT2D eigenvalue weighted by atomic mass is 9.97. The second-order valence-electron chi connectivity index (χ2n) is 8.80. The number of likely N-dealkylation sites (tertiary alicyclic amines) is 1. The van der Waals surface area contributed by atoms with Crippen molar-refractivity contribution < 1.29 is 28.2 Å². The van der Waals surface area contributed by atoms with Crippen LogP contribution in [0.3, 0.4) is 0 Å². The summed E-state index contributed by atoms with van der Waals surface area (Å²) < 4.78 is 31.0. The van der Waals surface area contributed by atoms with Crippen LogP contribution in [0.1, 0.15) is 24.0 Å². The number of rotatable bonds is 9. The molecule has 37 heavy (non-hydrogen) atoms. The molecular formula is C26H27N4O6S-. The molecule has 10 nitrogen and oxygen atoms in total. The molecule has 3 aromatic rings. The summed E-state index contributed by atoms with van der Waals surface area (Å²) in [5.74, 6) is -1.24. The van der Waals surface area contributed by atoms with Gasteiger partial charge >= 0.3 is 5.97 Å². The monoisotopic (exact) mass is 523 g/mol. The van der Waals surface area contributed by atoms with E-state index in [1.165, 1.54) is 12.0 Å². The summed E-state index contributed by atoms with van der Waals surface area (Å²) in [6.07, 6.45) is 0.736. The van der Waals surface area contributed by atoms with E-state index in [1.807, 2.05) is 6.07 Å². The zero-order valence-corrected chi connectivity index (χ0v) is 20.9. The highest BCUT2D eigenvalue weighted by atomic mass is 32.2. The van der Waals surface area contributed by atoms with E-state index in [1.54, 1.807) is 54.6 Å². The van der Waals surface area contributed by atoms with Gasteiger partial charge in [0.05, 0.1) is 7.11 Å². The number of fused-ring (bicyclic) bond motifs is 1. The highest BCUT2D eigenvalue weighted by Crippen LogP contribution is 2.31. The molecule has 1 saturated heterocycles. The van der Waals surface area contributed by atoms with Crippen molar-refractivity contribution in [3.63, 3.8) is 0 Å². The van der Waals surface area contributed by atoms with E-state index in [0.29, 0.717) is 29.0 Å². The average molecular weight is 524 g/mol. The van der Waals surface area contributed by atoms with Crippen LogP contribution in [-0.4, -0.2) is 62.2 Å². The maximum Gasteiger partial charge on any atom is 0.326 e. The molecule has 0 aliphatic carbocycles. The molecule has 1 amide bonds. The Morgan fingerprint density at radius 2 is 1.92 bits per heavy atom. The molecule has 4 rings (SSSR count). The Balaban J connectivity index is 1.63. The van der Waals surface area contributed by atoms with E-state index in [4.69, 9.17) is 15.9 Å². The molecule has 3 unspecified atom stereocenters. The highest BCUT2D eigenvalue weighted by Gasteiger charge is 2.40. The molecule has 0 spiro atoms. The molecule has 11 heteroatoms. The summed E-state index contributed by atoms with van der Waals surface area (Å²) in [5, 5.41) is 19.1. The number of carbonyl (C=O) groups is 2. The van der Waals surface area contributed by atoms with Crippen molar-refractivity contribution in [2.24, 2.45) is 5.73 Å². The number of methoxy groups -OCH3 is 1. The third-order valence-electron chi connectivity index (χ3n) is 6.53. The van der Waals surface area contributed by atoms with Crippen molar-refractivity contribution >= 4 is 45.4 Å². The van der Waals surface area contributed by atoms with Gasteiger partial charge in [0.25, 0.3) is 0 Å². The number of ether oxygens (including phenoxy) is 1. The molecule has 1 aliphatic heterocycles. The third kappa shape index (κ3) is 5.57. The van der Waals surface area contributed by atoms with E-state index in [-0.39, 0.29) is 25.2 Å². The van der Waals surface area contributed by atoms with E-state index >= 15 is 0 Å². The van der Waals surface area contributed by atoms with Crippen LogP contribution in [0.5, 0.6) is 5.75 Å². The van der Waals surface area contributed by atoms with Crippen molar-refractivity contribution in [1.82, 2.24) is 4.90 Å². The first kappa shape index (κ1) is 26.1. The summed E-state index contributed by atoms with van der Waals surface area (Å²) in [6.45, 7) is 0.200. The maximum atomic E-state index is 13.6. The predicted molar refractivity (Wildman–Crippen MR) is 139 cm³/mol. The number of amidine groups is 1. The zero-order chi connectivity index (χ0) is 26.7. The lowest BCUT2D eigenvalue weighted by Gasteiger charge is -2.42. The van der Waals surface area contributed by atoms with Crippen LogP contribution < -0.4 is 14.8 Å². The Hall–Kier alpha value is -3.96. The Labute approximate surface area is 216 Å². The Kier molecular flexibility index (Phi) is 7.74. The number of hydrogen-bond acceptors (Lipinski definition) is 6. The number of hydrogen-bond donors (Lipinski definition) is 3. The first-order valence-electron chi connectivity index (χ1n) is 11.6. The number of nitrogens with two attached hydrogens (primary N) is 1. The molecule has 0 radical (unpaired) electrons. The first-order chi connectivity index (χ1) is 17.7. The standard InChI is InChI=1S/C26H28N4O6S/c1-36-21-11-9-17-8-10-20(14-19(17)15-21)30(37(34)35)22-3-2-12-29(25(22)31)23(26(32)33)13-16-4-6-18(7-5-16)24(27)28/h4-11,14-15,22-23H,2-3,12-13H2,1H3,(H3,27,28)(H,32,33)(H,34,35)/p-1. The van der Waals surface area contributed by atoms with Crippen molar-refractivity contribution in [3.05, 3.63) is 71.8 Å². The minimum Gasteiger partial charge on any atom is -0.755 e. The minimum absolute atomic E-state index is 0.0300. The van der Waals surface area contributed by atoms with E-state index < -0.39 is 35.2 Å². The summed E-state index contributed by atoms with van der Waals surface area (Å²) >= 11 is -2.78. The Morgan fingerprint density at radius 1 is 1.22 bits per heavy atom. The number of anilines is 1. The molecule has 1 fully saturated rings. The van der Waals surface area contributed by atoms with Gasteiger partial charge in [0, 0.05) is 35.5 Å². The smallest absolute Gasteiger partial charge is 0.326 e. The molecule has 0 aromatic heterocycles. The summed E-state index contributed by atoms with van der Waals surface area (Å²) in [4.78, 5) is 27.0. The minimum atomic E-state index is -2.78. The molecule has 4 N–H and O–H groups in total. The van der Waals surface area contributed by atoms with Crippen molar-refractivity contribution in [1.29, 1.82) is 5.41 Å². The van der Waals surface area contributed by atoms with Crippen LogP contribution in [0.2, 0.25) is 0 Å². The van der Waals surface area contributed by atoms with Crippen LogP contribution in [0.15, 0.2) is 60.7 Å². The van der Waals surface area contributed by atoms with Crippen molar-refractivity contribution in [3.8, 4) is 5.75 Å². The van der Waals surface area contributed by atoms with Gasteiger partial charge in [0.1, 0.15) is 23.7 Å². The van der Waals surface area contributed by atoms with Gasteiger partial charge in [0.15, 0.2) is 0 Å². The Morgan fingerprint density at radius 3 is 2.54 bits per heavy atom. The summed E-state index contributed by atoms with van der Waals surface area (Å²) in [5.41, 5.74) is 6.95. The number of nitrogens with one attached hydrogen (secondary N) is 1. The zero-order valence-electron chi connectivity index (χ0n) is 20.1. The number of nitrogen functional groups attached to an aromatic ring is 1. The van der Waals surface area contributed by atoms with Gasteiger partial charge in [-0.05, 0) is 53.4 Å². The molecular weight excluding hydrogens is 496 g/mol. The van der Waals surface area contributed by atoms with E-state index in [9.17, 15) is 23.5 Å². The molecule has 0 saturated carbocycles. The number of amides is 1. The highest BCUT2D eigenvalue weighted by molar-refractivity contribution is 7.80. The van der Waals surface area contributed by atoms with Gasteiger partial charge < -0.3 is 25.0 Å². The van der Waals surface area contributed by atoms with Crippen LogP contribution in [0.4, 0.5) is 5.69 Å². The number of aliphatic carboxylic acids is 1. The fraction of sp³-hybridized carbons (Fsp3) is 0.269. The van der Waals surface area contributed by atoms with Crippen LogP contribution in [0.25, 0.3) is 10.8 Å². The largest absolute Gasteiger partial charge is 0.755 e. The molecule has 1 aliphatic rings. The molecule has 1 heterocycles. The number of benzene rings is 3. The van der Waals surface area contributed by atoms with Crippen LogP contribution in [0, 0.1) is 5.41 Å². The van der Waals surface area contributed by atoms with Gasteiger partial charge in [-0.15, -0.1) is 0 Å². The number of carboxylic acid groups (broad SMARTS) is 1. The van der Waals surface area contributed by atoms with Gasteiger partial charge in [0.2, 0.25) is 5.91 Å². The van der Waals surface area contributed by atoms with Gasteiger partial charge in [-0.1, -0.05) is 36.4 Å². The van der Waals surface area contributed by atoms with Crippen molar-refractivity contribution in [2.75, 3.05) is 18.0 Å². The third-order valence-corrected chi connectivity index (χ3v) is 7.32. The van der Waals surface area contributed by atoms with Gasteiger partial charge in [-0.2, -0.15) is 0 Å². The predicted octanol–water partition coefficient (Wildman–Crippen LogP) is 2.42. The quantitative estimate of drug-likeness (QED) is 0.220. The lowest BCUT2D eigenvalue weighted by Crippen LogP contribution is -2.58. The SMILES string of the molecule is COc1ccc2ccc(N(C3CCCN(C(Cc4ccc(C(=N)N)cc4)C(=O)O)C3=O)S(=O)[O-])cc2c1. The first-order valence-corrected chi connectivity index (χ1v) is 12.7. The lowest BCUT2D eigenvalue weighted by molar-refractivity contribution is -0.152. The summed E-state index contributed by atoms with van der Waals surface area (Å²) in [7, 11) is 1.54. The fourth-order valence-electron chi connectivity index (χ4n) is 4.63. The number of carbonyl (C=O) groups excluding carboxylic acids is 1. The number of carboxylic acids is 1. The molecule has 3 atom stereocenters. The molecule has 3 aromatic carbocycles. The normalized spacial score (nSPS) is 17.3. The topological polar surface area (TPSA) is 160 Å². The second-order valence-corrected chi connectivity index (χ2v) is 9.63. The van der Waals surface area contributed by atoms with Crippen LogP contribution in [-0.2, 0) is 27.3 Å². The average Bonchev–Trinajstić information content (AvgIpc) is 2.88. The van der Waals surface area contributed by atoms with Gasteiger partial charge in [-0.3, -0.25) is 18.7 Å². The van der Waals surface area contributed by atoms with Crippen LogP contribution >= 0.6 is 0 Å². The Bertz CT molecular complexity index is 1360. The molecule has 194 valence electrons. The van der Waals surface area contributed by atoms with Gasteiger partial charge in [-0.25, -0.2) is 4.79 Å². The second kappa shape index (κ2) is 11.0. The summed E-state index contributed by atoms with van der Waals surface area (Å²) in [6, 6.07) is 14.8. The van der Waals surface area contributed by atoms with E-state index in [0.717, 1.165) is 15.1 Å². The van der Waals surface area contributed by atoms with E-state index in [2.05, 4.69) is 0 Å². The van der Waals surface area contributed by atoms with Crippen molar-refractivity contribution in [2.45, 2.75) is 31.3 Å². The molecule has 0 bridgehead atoms. The maximum absolute atomic E-state index is 13.6. The number of nitrogens with zero attached hydrogens (tertiary/aromatic N) is 2.